The van der Waals surface area contributed by atoms with Gasteiger partial charge in [-0.3, -0.25) is 9.59 Å². The molecular weight excluding hydrogens is 276 g/mol. The highest BCUT2D eigenvalue weighted by molar-refractivity contribution is 5.97. The minimum Gasteiger partial charge on any atom is -0.493 e. The van der Waals surface area contributed by atoms with Crippen LogP contribution >= 0.6 is 0 Å². The van der Waals surface area contributed by atoms with Crippen LogP contribution in [0.25, 0.3) is 0 Å². The summed E-state index contributed by atoms with van der Waals surface area (Å²) in [6, 6.07) is 3.81. The van der Waals surface area contributed by atoms with Crippen LogP contribution in [0.1, 0.15) is 28.8 Å². The Morgan fingerprint density at radius 2 is 2.14 bits per heavy atom. The quantitative estimate of drug-likeness (QED) is 0.685. The van der Waals surface area contributed by atoms with E-state index in [1.54, 1.807) is 18.2 Å². The van der Waals surface area contributed by atoms with Gasteiger partial charge in [0.05, 0.1) is 6.61 Å². The van der Waals surface area contributed by atoms with Crippen molar-refractivity contribution in [3.05, 3.63) is 29.3 Å². The number of carbonyl (C=O) groups excluding carboxylic acids is 2. The Labute approximate surface area is 121 Å². The Balaban J connectivity index is 2.04. The number of primary amides is 1. The molecule has 0 radical (unpaired) electrons. The molecule has 0 aromatic heterocycles. The van der Waals surface area contributed by atoms with Crippen LogP contribution in [0.15, 0.2) is 18.2 Å². The average molecular weight is 292 g/mol. The fourth-order valence-corrected chi connectivity index (χ4v) is 2.11. The summed E-state index contributed by atoms with van der Waals surface area (Å²) in [5, 5.41) is 11.4. The molecule has 0 bridgehead atoms. The zero-order valence-corrected chi connectivity index (χ0v) is 11.3. The van der Waals surface area contributed by atoms with Crippen molar-refractivity contribution >= 4 is 17.8 Å². The first kappa shape index (κ1) is 14.8. The van der Waals surface area contributed by atoms with Gasteiger partial charge in [0.1, 0.15) is 11.8 Å². The van der Waals surface area contributed by atoms with Crippen LogP contribution in [0.2, 0.25) is 0 Å². The smallest absolute Gasteiger partial charge is 0.326 e. The molecule has 7 nitrogen and oxygen atoms in total. The average Bonchev–Trinajstić information content (AvgIpc) is 2.89. The van der Waals surface area contributed by atoms with Gasteiger partial charge in [-0.1, -0.05) is 0 Å². The van der Waals surface area contributed by atoms with Crippen LogP contribution in [-0.4, -0.2) is 35.5 Å². The maximum Gasteiger partial charge on any atom is 0.326 e. The lowest BCUT2D eigenvalue weighted by atomic mass is 10.1. The number of aliphatic carboxylic acids is 1. The third-order valence-electron chi connectivity index (χ3n) is 3.23. The van der Waals surface area contributed by atoms with Gasteiger partial charge in [-0.15, -0.1) is 0 Å². The Bertz CT molecular complexity index is 585. The predicted molar refractivity (Wildman–Crippen MR) is 73.0 cm³/mol. The van der Waals surface area contributed by atoms with Crippen LogP contribution < -0.4 is 15.8 Å². The number of carbonyl (C=O) groups is 3. The van der Waals surface area contributed by atoms with Crippen molar-refractivity contribution in [1.29, 1.82) is 0 Å². The zero-order valence-electron chi connectivity index (χ0n) is 11.3. The van der Waals surface area contributed by atoms with Crippen LogP contribution in [0.5, 0.6) is 5.75 Å². The van der Waals surface area contributed by atoms with E-state index in [4.69, 9.17) is 15.6 Å². The lowest BCUT2D eigenvalue weighted by Crippen LogP contribution is -2.41. The van der Waals surface area contributed by atoms with Crippen molar-refractivity contribution in [2.45, 2.75) is 25.3 Å². The number of fused-ring (bicyclic) bond motifs is 1. The van der Waals surface area contributed by atoms with Crippen LogP contribution in [0, 0.1) is 0 Å². The molecule has 2 amide bonds. The summed E-state index contributed by atoms with van der Waals surface area (Å²) < 4.78 is 5.34. The predicted octanol–water partition coefficient (Wildman–Crippen LogP) is 0.0700. The van der Waals surface area contributed by atoms with E-state index in [1.807, 2.05) is 0 Å². The van der Waals surface area contributed by atoms with Crippen LogP contribution in [0.3, 0.4) is 0 Å². The van der Waals surface area contributed by atoms with Crippen molar-refractivity contribution < 1.29 is 24.2 Å². The van der Waals surface area contributed by atoms with E-state index in [-0.39, 0.29) is 12.8 Å². The van der Waals surface area contributed by atoms with Crippen molar-refractivity contribution in [1.82, 2.24) is 5.32 Å². The fraction of sp³-hybridized carbons (Fsp3) is 0.357. The molecule has 1 aliphatic rings. The Kier molecular flexibility index (Phi) is 4.42. The van der Waals surface area contributed by atoms with Gasteiger partial charge in [-0.25, -0.2) is 4.79 Å². The van der Waals surface area contributed by atoms with Gasteiger partial charge in [0, 0.05) is 18.4 Å². The first-order valence-electron chi connectivity index (χ1n) is 6.55. The summed E-state index contributed by atoms with van der Waals surface area (Å²) in [7, 11) is 0. The largest absolute Gasteiger partial charge is 0.493 e. The van der Waals surface area contributed by atoms with Gasteiger partial charge in [-0.05, 0) is 30.2 Å². The lowest BCUT2D eigenvalue weighted by molar-refractivity contribution is -0.139. The lowest BCUT2D eigenvalue weighted by Gasteiger charge is -2.14. The van der Waals surface area contributed by atoms with Crippen molar-refractivity contribution in [3.8, 4) is 5.75 Å². The van der Waals surface area contributed by atoms with E-state index < -0.39 is 23.8 Å². The van der Waals surface area contributed by atoms with E-state index in [2.05, 4.69) is 5.32 Å². The number of nitrogens with two attached hydrogens (primary N) is 1. The Morgan fingerprint density at radius 3 is 2.81 bits per heavy atom. The summed E-state index contributed by atoms with van der Waals surface area (Å²) in [6.07, 6.45) is 0.584. The topological polar surface area (TPSA) is 119 Å². The van der Waals surface area contributed by atoms with Crippen LogP contribution in [-0.2, 0) is 16.0 Å². The van der Waals surface area contributed by atoms with Gasteiger partial charge in [0.2, 0.25) is 5.91 Å². The minimum atomic E-state index is -1.20. The molecule has 1 aromatic rings. The van der Waals surface area contributed by atoms with Crippen LogP contribution in [0.4, 0.5) is 0 Å². The van der Waals surface area contributed by atoms with E-state index in [0.717, 1.165) is 17.7 Å². The van der Waals surface area contributed by atoms with Gasteiger partial charge in [0.15, 0.2) is 0 Å². The molecule has 0 aliphatic carbocycles. The molecule has 1 heterocycles. The minimum absolute atomic E-state index is 0.0372. The molecule has 1 atom stereocenters. The molecule has 21 heavy (non-hydrogen) atoms. The fourth-order valence-electron chi connectivity index (χ4n) is 2.11. The van der Waals surface area contributed by atoms with E-state index in [1.165, 1.54) is 0 Å². The molecule has 0 spiro atoms. The maximum absolute atomic E-state index is 12.1. The molecule has 4 N–H and O–H groups in total. The number of carboxylic acid groups (broad SMARTS) is 1. The Morgan fingerprint density at radius 1 is 1.38 bits per heavy atom. The third kappa shape index (κ3) is 3.71. The van der Waals surface area contributed by atoms with Crippen molar-refractivity contribution in [2.75, 3.05) is 6.61 Å². The van der Waals surface area contributed by atoms with Crippen molar-refractivity contribution in [2.24, 2.45) is 5.73 Å². The van der Waals surface area contributed by atoms with Gasteiger partial charge < -0.3 is 20.9 Å². The van der Waals surface area contributed by atoms with E-state index in [0.29, 0.717) is 12.2 Å². The number of hydrogen-bond acceptors (Lipinski definition) is 4. The molecule has 1 unspecified atom stereocenters. The van der Waals surface area contributed by atoms with E-state index >= 15 is 0 Å². The Hall–Kier alpha value is -2.57. The van der Waals surface area contributed by atoms with Crippen molar-refractivity contribution in [3.63, 3.8) is 0 Å². The number of amides is 2. The summed E-state index contributed by atoms with van der Waals surface area (Å²) >= 11 is 0. The highest BCUT2D eigenvalue weighted by atomic mass is 16.5. The molecular formula is C14H16N2O5. The number of ether oxygens (including phenoxy) is 1. The monoisotopic (exact) mass is 292 g/mol. The standard InChI is InChI=1S/C14H16N2O5/c15-12(17)4-2-10(14(19)20)16-13(18)9-1-3-11-8(7-9)5-6-21-11/h1,3,7,10H,2,4-6H2,(H2,15,17)(H,16,18)(H,19,20). The molecule has 112 valence electrons. The molecule has 1 aliphatic heterocycles. The third-order valence-corrected chi connectivity index (χ3v) is 3.23. The van der Waals surface area contributed by atoms with Gasteiger partial charge in [0.25, 0.3) is 5.91 Å². The second kappa shape index (κ2) is 6.25. The molecule has 2 rings (SSSR count). The number of hydrogen-bond donors (Lipinski definition) is 3. The second-order valence-corrected chi connectivity index (χ2v) is 4.79. The maximum atomic E-state index is 12.1. The summed E-state index contributed by atoms with van der Waals surface area (Å²) in [5.74, 6) is -1.56. The highest BCUT2D eigenvalue weighted by Gasteiger charge is 2.22. The summed E-state index contributed by atoms with van der Waals surface area (Å²) in [4.78, 5) is 33.9. The van der Waals surface area contributed by atoms with Gasteiger partial charge in [-0.2, -0.15) is 0 Å². The first-order chi connectivity index (χ1) is 9.97. The first-order valence-corrected chi connectivity index (χ1v) is 6.55. The molecule has 7 heteroatoms. The summed E-state index contributed by atoms with van der Waals surface area (Å²) in [6.45, 7) is 0.580. The molecule has 0 saturated carbocycles. The number of rotatable bonds is 6. The SMILES string of the molecule is NC(=O)CCC(NC(=O)c1ccc2c(c1)CCO2)C(=O)O. The highest BCUT2D eigenvalue weighted by Crippen LogP contribution is 2.25. The van der Waals surface area contributed by atoms with E-state index in [9.17, 15) is 14.4 Å². The van der Waals surface area contributed by atoms with Gasteiger partial charge >= 0.3 is 5.97 Å². The second-order valence-electron chi connectivity index (χ2n) is 4.79. The molecule has 0 fully saturated rings. The normalized spacial score (nSPS) is 13.9. The summed E-state index contributed by atoms with van der Waals surface area (Å²) in [5.41, 5.74) is 6.27. The number of benzene rings is 1. The number of carboxylic acids is 1. The number of nitrogens with one attached hydrogen (secondary N) is 1. The molecule has 0 saturated heterocycles. The molecule has 1 aromatic carbocycles. The zero-order chi connectivity index (χ0) is 15.4.